The van der Waals surface area contributed by atoms with Crippen molar-refractivity contribution in [3.8, 4) is 16.9 Å². The zero-order valence-corrected chi connectivity index (χ0v) is 11.6. The number of hydrogen-bond donors (Lipinski definition) is 1. The molecule has 0 aliphatic heterocycles. The molecule has 0 bridgehead atoms. The second-order valence-electron chi connectivity index (χ2n) is 4.58. The molecule has 0 fully saturated rings. The van der Waals surface area contributed by atoms with Crippen molar-refractivity contribution < 1.29 is 4.74 Å². The molecule has 0 heterocycles. The van der Waals surface area contributed by atoms with Crippen LogP contribution in [-0.2, 0) is 0 Å². The average molecular weight is 266 g/mol. The normalized spacial score (nSPS) is 10.1. The second-order valence-corrected chi connectivity index (χ2v) is 4.58. The van der Waals surface area contributed by atoms with Gasteiger partial charge < -0.3 is 4.74 Å². The molecule has 3 nitrogen and oxygen atoms in total. The molecule has 0 aliphatic carbocycles. The summed E-state index contributed by atoms with van der Waals surface area (Å²) in [5.41, 5.74) is 11.1. The fourth-order valence-corrected chi connectivity index (χ4v) is 1.97. The van der Waals surface area contributed by atoms with Crippen LogP contribution in [0.1, 0.15) is 12.0 Å². The molecule has 102 valence electrons. The highest BCUT2D eigenvalue weighted by Crippen LogP contribution is 2.32. The zero-order chi connectivity index (χ0) is 14.4. The van der Waals surface area contributed by atoms with Gasteiger partial charge in [-0.05, 0) is 43.2 Å². The second kappa shape index (κ2) is 6.66. The third kappa shape index (κ3) is 3.32. The van der Waals surface area contributed by atoms with Gasteiger partial charge in [-0.15, -0.1) is 6.58 Å². The third-order valence-electron chi connectivity index (χ3n) is 3.03. The van der Waals surface area contributed by atoms with Crippen LogP contribution in [-0.4, -0.2) is 6.61 Å². The van der Waals surface area contributed by atoms with Gasteiger partial charge in [0.05, 0.1) is 12.3 Å². The minimum absolute atomic E-state index is 0.639. The van der Waals surface area contributed by atoms with Gasteiger partial charge in [-0.25, -0.2) is 5.53 Å². The zero-order valence-electron chi connectivity index (χ0n) is 11.6. The van der Waals surface area contributed by atoms with Crippen molar-refractivity contribution >= 4 is 5.69 Å². The van der Waals surface area contributed by atoms with Gasteiger partial charge in [-0.2, -0.15) is 5.11 Å². The van der Waals surface area contributed by atoms with Gasteiger partial charge in [0.15, 0.2) is 0 Å². The molecule has 0 spiro atoms. The highest BCUT2D eigenvalue weighted by molar-refractivity contribution is 5.76. The number of nitrogens with zero attached hydrogens (tertiary/aromatic N) is 1. The van der Waals surface area contributed by atoms with Crippen molar-refractivity contribution in [2.75, 3.05) is 6.61 Å². The lowest BCUT2D eigenvalue weighted by Gasteiger charge is -2.08. The number of rotatable bonds is 6. The van der Waals surface area contributed by atoms with Crippen LogP contribution in [0.3, 0.4) is 0 Å². The molecule has 0 unspecified atom stereocenters. The molecule has 3 heteroatoms. The van der Waals surface area contributed by atoms with E-state index in [0.29, 0.717) is 12.3 Å². The van der Waals surface area contributed by atoms with Crippen LogP contribution >= 0.6 is 0 Å². The van der Waals surface area contributed by atoms with Crippen molar-refractivity contribution in [1.82, 2.24) is 0 Å². The summed E-state index contributed by atoms with van der Waals surface area (Å²) >= 11 is 0. The molecule has 0 amide bonds. The molecule has 2 aromatic carbocycles. The van der Waals surface area contributed by atoms with Crippen LogP contribution in [0.2, 0.25) is 0 Å². The molecule has 20 heavy (non-hydrogen) atoms. The minimum Gasteiger partial charge on any atom is -0.493 e. The van der Waals surface area contributed by atoms with E-state index in [1.165, 1.54) is 0 Å². The Hall–Kier alpha value is -2.42. The first-order chi connectivity index (χ1) is 9.74. The summed E-state index contributed by atoms with van der Waals surface area (Å²) in [5.74, 6) is 0.840. The maximum atomic E-state index is 7.25. The lowest BCUT2D eigenvalue weighted by atomic mass is 10.0. The molecule has 0 radical (unpaired) electrons. The van der Waals surface area contributed by atoms with Crippen molar-refractivity contribution in [2.45, 2.75) is 13.3 Å². The number of hydrogen-bond acceptors (Lipinski definition) is 3. The molecular formula is C17H18N2O. The average Bonchev–Trinajstić information content (AvgIpc) is 2.48. The van der Waals surface area contributed by atoms with Crippen molar-refractivity contribution in [1.29, 1.82) is 5.53 Å². The SMILES string of the molecule is C=CCCOc1ccc(-c2cc(C)ccc2N=N)cc1. The first-order valence-corrected chi connectivity index (χ1v) is 6.57. The molecule has 0 aromatic heterocycles. The summed E-state index contributed by atoms with van der Waals surface area (Å²) < 4.78 is 5.59. The topological polar surface area (TPSA) is 45.4 Å². The van der Waals surface area contributed by atoms with E-state index in [1.807, 2.05) is 55.5 Å². The Kier molecular flexibility index (Phi) is 4.66. The summed E-state index contributed by atoms with van der Waals surface area (Å²) in [4.78, 5) is 0. The molecule has 2 aromatic rings. The van der Waals surface area contributed by atoms with E-state index in [4.69, 9.17) is 10.3 Å². The Bertz CT molecular complexity index is 603. The van der Waals surface area contributed by atoms with E-state index >= 15 is 0 Å². The van der Waals surface area contributed by atoms with Crippen LogP contribution < -0.4 is 4.74 Å². The maximum absolute atomic E-state index is 7.25. The molecule has 0 saturated carbocycles. The van der Waals surface area contributed by atoms with Crippen LogP contribution in [0.15, 0.2) is 60.2 Å². The van der Waals surface area contributed by atoms with Crippen LogP contribution in [0.5, 0.6) is 5.75 Å². The summed E-state index contributed by atoms with van der Waals surface area (Å²) in [6, 6.07) is 13.7. The Morgan fingerprint density at radius 3 is 2.60 bits per heavy atom. The van der Waals surface area contributed by atoms with Crippen molar-refractivity contribution in [3.05, 3.63) is 60.7 Å². The number of aryl methyl sites for hydroxylation is 1. The van der Waals surface area contributed by atoms with Gasteiger partial charge in [-0.3, -0.25) is 0 Å². The van der Waals surface area contributed by atoms with E-state index in [2.05, 4.69) is 11.7 Å². The fourth-order valence-electron chi connectivity index (χ4n) is 1.97. The first-order valence-electron chi connectivity index (χ1n) is 6.57. The van der Waals surface area contributed by atoms with Crippen molar-refractivity contribution in [3.63, 3.8) is 0 Å². The lowest BCUT2D eigenvalue weighted by molar-refractivity contribution is 0.325. The standard InChI is InChI=1S/C17H18N2O/c1-3-4-11-20-15-8-6-14(7-9-15)16-12-13(2)5-10-17(16)19-18/h3,5-10,12,18H,1,4,11H2,2H3. The highest BCUT2D eigenvalue weighted by Gasteiger charge is 2.05. The van der Waals surface area contributed by atoms with E-state index in [9.17, 15) is 0 Å². The minimum atomic E-state index is 0.639. The van der Waals surface area contributed by atoms with Gasteiger partial charge in [0.25, 0.3) is 0 Å². The predicted molar refractivity (Wildman–Crippen MR) is 81.7 cm³/mol. The fraction of sp³-hybridized carbons (Fsp3) is 0.176. The van der Waals surface area contributed by atoms with Crippen LogP contribution in [0, 0.1) is 12.5 Å². The van der Waals surface area contributed by atoms with Crippen LogP contribution in [0.25, 0.3) is 11.1 Å². The summed E-state index contributed by atoms with van der Waals surface area (Å²) in [5, 5.41) is 3.58. The monoisotopic (exact) mass is 266 g/mol. The number of benzene rings is 2. The largest absolute Gasteiger partial charge is 0.493 e. The first kappa shape index (κ1) is 14.0. The Morgan fingerprint density at radius 1 is 1.20 bits per heavy atom. The molecule has 2 rings (SSSR count). The molecule has 0 aliphatic rings. The van der Waals surface area contributed by atoms with E-state index in [-0.39, 0.29) is 0 Å². The Labute approximate surface area is 119 Å². The third-order valence-corrected chi connectivity index (χ3v) is 3.03. The van der Waals surface area contributed by atoms with E-state index < -0.39 is 0 Å². The quantitative estimate of drug-likeness (QED) is 0.431. The van der Waals surface area contributed by atoms with Gasteiger partial charge in [0.2, 0.25) is 0 Å². The molecule has 0 saturated heterocycles. The predicted octanol–water partition coefficient (Wildman–Crippen LogP) is 5.28. The Morgan fingerprint density at radius 2 is 1.95 bits per heavy atom. The highest BCUT2D eigenvalue weighted by atomic mass is 16.5. The summed E-state index contributed by atoms with van der Waals surface area (Å²) in [6.07, 6.45) is 2.67. The van der Waals surface area contributed by atoms with Crippen molar-refractivity contribution in [2.24, 2.45) is 5.11 Å². The number of ether oxygens (including phenoxy) is 1. The lowest BCUT2D eigenvalue weighted by Crippen LogP contribution is -1.95. The maximum Gasteiger partial charge on any atom is 0.119 e. The Balaban J connectivity index is 2.23. The van der Waals surface area contributed by atoms with E-state index in [0.717, 1.165) is 28.9 Å². The molecular weight excluding hydrogens is 248 g/mol. The van der Waals surface area contributed by atoms with Gasteiger partial charge in [0.1, 0.15) is 5.75 Å². The van der Waals surface area contributed by atoms with Gasteiger partial charge >= 0.3 is 0 Å². The summed E-state index contributed by atoms with van der Waals surface area (Å²) in [7, 11) is 0. The smallest absolute Gasteiger partial charge is 0.119 e. The van der Waals surface area contributed by atoms with Gasteiger partial charge in [-0.1, -0.05) is 29.8 Å². The molecule has 0 atom stereocenters. The summed E-state index contributed by atoms with van der Waals surface area (Å²) in [6.45, 7) is 6.34. The molecule has 1 N–H and O–H groups in total. The van der Waals surface area contributed by atoms with E-state index in [1.54, 1.807) is 0 Å². The van der Waals surface area contributed by atoms with Gasteiger partial charge in [0, 0.05) is 5.56 Å². The number of nitrogens with one attached hydrogen (secondary N) is 1. The van der Waals surface area contributed by atoms with Crippen LogP contribution in [0.4, 0.5) is 5.69 Å².